The molecule has 2 heterocycles. The fraction of sp³-hybridized carbons (Fsp3) is 0.286. The van der Waals surface area contributed by atoms with E-state index in [0.29, 0.717) is 36.3 Å². The normalized spacial score (nSPS) is 13.4. The van der Waals surface area contributed by atoms with E-state index in [1.807, 2.05) is 19.1 Å². The zero-order valence-corrected chi connectivity index (χ0v) is 11.3. The second-order valence-electron chi connectivity index (χ2n) is 4.36. The van der Waals surface area contributed by atoms with Crippen LogP contribution in [0.5, 0.6) is 11.5 Å². The first-order chi connectivity index (χ1) is 9.24. The molecule has 1 N–H and O–H groups in total. The lowest BCUT2D eigenvalue weighted by molar-refractivity contribution is 0.171. The largest absolute Gasteiger partial charge is 0.486 e. The highest BCUT2D eigenvalue weighted by atomic mass is 35.5. The predicted molar refractivity (Wildman–Crippen MR) is 73.2 cm³/mol. The summed E-state index contributed by atoms with van der Waals surface area (Å²) in [6, 6.07) is 5.56. The summed E-state index contributed by atoms with van der Waals surface area (Å²) < 4.78 is 16.4. The number of halogens is 1. The number of fused-ring (bicyclic) bond motifs is 1. The molecule has 0 saturated heterocycles. The van der Waals surface area contributed by atoms with Gasteiger partial charge in [0.25, 0.3) is 0 Å². The van der Waals surface area contributed by atoms with Gasteiger partial charge in [0.15, 0.2) is 11.5 Å². The van der Waals surface area contributed by atoms with Crippen LogP contribution in [0.25, 0.3) is 0 Å². The van der Waals surface area contributed by atoms with Crippen molar-refractivity contribution in [3.8, 4) is 11.5 Å². The molecule has 5 heteroatoms. The highest BCUT2D eigenvalue weighted by molar-refractivity contribution is 6.33. The van der Waals surface area contributed by atoms with Crippen molar-refractivity contribution in [1.82, 2.24) is 0 Å². The number of benzene rings is 1. The Bertz CT molecular complexity index is 594. The molecular formula is C14H14ClNO3. The molecule has 0 bridgehead atoms. The predicted octanol–water partition coefficient (Wildman–Crippen LogP) is 3.62. The molecule has 0 atom stereocenters. The second kappa shape index (κ2) is 5.05. The van der Waals surface area contributed by atoms with Gasteiger partial charge in [-0.2, -0.15) is 0 Å². The summed E-state index contributed by atoms with van der Waals surface area (Å²) >= 11 is 6.21. The SMILES string of the molecule is Cc1ccoc1CNc1cc2c(cc1Cl)OCCO2. The zero-order chi connectivity index (χ0) is 13.2. The number of ether oxygens (including phenoxy) is 2. The lowest BCUT2D eigenvalue weighted by Gasteiger charge is -2.20. The Kier molecular flexibility index (Phi) is 3.25. The Balaban J connectivity index is 1.79. The number of hydrogen-bond donors (Lipinski definition) is 1. The van der Waals surface area contributed by atoms with E-state index in [4.69, 9.17) is 25.5 Å². The van der Waals surface area contributed by atoms with E-state index in [9.17, 15) is 0 Å². The third-order valence-electron chi connectivity index (χ3n) is 3.04. The van der Waals surface area contributed by atoms with Crippen LogP contribution in [0.1, 0.15) is 11.3 Å². The van der Waals surface area contributed by atoms with Crippen LogP contribution in [-0.2, 0) is 6.54 Å². The molecule has 4 nitrogen and oxygen atoms in total. The Morgan fingerprint density at radius 2 is 1.95 bits per heavy atom. The van der Waals surface area contributed by atoms with Gasteiger partial charge in [-0.15, -0.1) is 0 Å². The summed E-state index contributed by atoms with van der Waals surface area (Å²) in [6.45, 7) is 3.71. The van der Waals surface area contributed by atoms with Gasteiger partial charge in [-0.25, -0.2) is 0 Å². The van der Waals surface area contributed by atoms with E-state index in [-0.39, 0.29) is 0 Å². The Hall–Kier alpha value is -1.81. The highest BCUT2D eigenvalue weighted by Crippen LogP contribution is 2.38. The Morgan fingerprint density at radius 3 is 2.63 bits per heavy atom. The molecule has 0 spiro atoms. The fourth-order valence-electron chi connectivity index (χ4n) is 1.96. The monoisotopic (exact) mass is 279 g/mol. The summed E-state index contributed by atoms with van der Waals surface area (Å²) in [5, 5.41) is 3.85. The minimum Gasteiger partial charge on any atom is -0.486 e. The van der Waals surface area contributed by atoms with Gasteiger partial charge < -0.3 is 19.2 Å². The van der Waals surface area contributed by atoms with Gasteiger partial charge in [0.05, 0.1) is 23.5 Å². The van der Waals surface area contributed by atoms with Gasteiger partial charge in [-0.1, -0.05) is 11.6 Å². The number of rotatable bonds is 3. The maximum atomic E-state index is 6.21. The lowest BCUT2D eigenvalue weighted by Crippen LogP contribution is -2.15. The fourth-order valence-corrected chi connectivity index (χ4v) is 2.18. The van der Waals surface area contributed by atoms with Gasteiger partial charge in [-0.05, 0) is 18.6 Å². The van der Waals surface area contributed by atoms with Crippen molar-refractivity contribution < 1.29 is 13.9 Å². The van der Waals surface area contributed by atoms with E-state index >= 15 is 0 Å². The van der Waals surface area contributed by atoms with Crippen LogP contribution in [-0.4, -0.2) is 13.2 Å². The zero-order valence-electron chi connectivity index (χ0n) is 10.5. The maximum Gasteiger partial charge on any atom is 0.163 e. The van der Waals surface area contributed by atoms with Crippen LogP contribution >= 0.6 is 11.6 Å². The molecule has 1 aliphatic heterocycles. The lowest BCUT2D eigenvalue weighted by atomic mass is 10.2. The van der Waals surface area contributed by atoms with Crippen molar-refractivity contribution >= 4 is 17.3 Å². The first-order valence-electron chi connectivity index (χ1n) is 6.10. The smallest absolute Gasteiger partial charge is 0.163 e. The number of nitrogens with one attached hydrogen (secondary N) is 1. The van der Waals surface area contributed by atoms with Gasteiger partial charge in [0, 0.05) is 12.1 Å². The third kappa shape index (κ3) is 2.49. The number of hydrogen-bond acceptors (Lipinski definition) is 4. The maximum absolute atomic E-state index is 6.21. The second-order valence-corrected chi connectivity index (χ2v) is 4.76. The Labute approximate surface area is 116 Å². The van der Waals surface area contributed by atoms with E-state index in [0.717, 1.165) is 17.0 Å². The number of furan rings is 1. The summed E-state index contributed by atoms with van der Waals surface area (Å²) in [6.07, 6.45) is 1.68. The topological polar surface area (TPSA) is 43.6 Å². The highest BCUT2D eigenvalue weighted by Gasteiger charge is 2.15. The molecule has 19 heavy (non-hydrogen) atoms. The van der Waals surface area contributed by atoms with E-state index in [1.165, 1.54) is 0 Å². The minimum absolute atomic E-state index is 0.557. The molecule has 0 amide bonds. The van der Waals surface area contributed by atoms with Crippen molar-refractivity contribution in [2.24, 2.45) is 0 Å². The molecule has 1 aromatic carbocycles. The van der Waals surface area contributed by atoms with E-state index < -0.39 is 0 Å². The molecule has 0 fully saturated rings. The van der Waals surface area contributed by atoms with Crippen LogP contribution in [0.4, 0.5) is 5.69 Å². The molecule has 100 valence electrons. The molecule has 1 aliphatic rings. The van der Waals surface area contributed by atoms with Crippen LogP contribution < -0.4 is 14.8 Å². The van der Waals surface area contributed by atoms with E-state index in [2.05, 4.69) is 5.32 Å². The number of anilines is 1. The molecule has 0 saturated carbocycles. The van der Waals surface area contributed by atoms with E-state index in [1.54, 1.807) is 12.3 Å². The van der Waals surface area contributed by atoms with Gasteiger partial charge in [0.2, 0.25) is 0 Å². The minimum atomic E-state index is 0.557. The summed E-state index contributed by atoms with van der Waals surface area (Å²) in [5.74, 6) is 2.30. The van der Waals surface area contributed by atoms with Crippen molar-refractivity contribution in [1.29, 1.82) is 0 Å². The quantitative estimate of drug-likeness (QED) is 0.932. The van der Waals surface area contributed by atoms with Crippen molar-refractivity contribution in [2.75, 3.05) is 18.5 Å². The summed E-state index contributed by atoms with van der Waals surface area (Å²) in [7, 11) is 0. The first-order valence-corrected chi connectivity index (χ1v) is 6.48. The standard InChI is InChI=1S/C14H14ClNO3/c1-9-2-3-17-14(9)8-16-11-7-13-12(6-10(11)15)18-4-5-19-13/h2-3,6-7,16H,4-5,8H2,1H3. The molecular weight excluding hydrogens is 266 g/mol. The third-order valence-corrected chi connectivity index (χ3v) is 3.35. The number of aryl methyl sites for hydroxylation is 1. The van der Waals surface area contributed by atoms with Crippen molar-refractivity contribution in [2.45, 2.75) is 13.5 Å². The van der Waals surface area contributed by atoms with Crippen molar-refractivity contribution in [3.05, 3.63) is 40.8 Å². The van der Waals surface area contributed by atoms with Gasteiger partial charge in [0.1, 0.15) is 19.0 Å². The van der Waals surface area contributed by atoms with Gasteiger partial charge in [-0.3, -0.25) is 0 Å². The van der Waals surface area contributed by atoms with Crippen LogP contribution in [0.2, 0.25) is 5.02 Å². The first kappa shape index (κ1) is 12.2. The molecule has 2 aromatic rings. The average Bonchev–Trinajstić information content (AvgIpc) is 2.82. The van der Waals surface area contributed by atoms with Crippen LogP contribution in [0, 0.1) is 6.92 Å². The Morgan fingerprint density at radius 1 is 1.21 bits per heavy atom. The van der Waals surface area contributed by atoms with Crippen molar-refractivity contribution in [3.63, 3.8) is 0 Å². The van der Waals surface area contributed by atoms with Crippen LogP contribution in [0.15, 0.2) is 28.9 Å². The molecule has 3 rings (SSSR count). The average molecular weight is 280 g/mol. The van der Waals surface area contributed by atoms with Crippen LogP contribution in [0.3, 0.4) is 0 Å². The molecule has 1 aromatic heterocycles. The molecule has 0 radical (unpaired) electrons. The molecule has 0 aliphatic carbocycles. The summed E-state index contributed by atoms with van der Waals surface area (Å²) in [5.41, 5.74) is 1.92. The molecule has 0 unspecified atom stereocenters. The summed E-state index contributed by atoms with van der Waals surface area (Å²) in [4.78, 5) is 0. The van der Waals surface area contributed by atoms with Gasteiger partial charge >= 0.3 is 0 Å².